The Morgan fingerprint density at radius 1 is 0.619 bits per heavy atom. The Hall–Kier alpha value is -2.12. The van der Waals surface area contributed by atoms with Crippen LogP contribution in [0, 0.1) is 45.3 Å². The molecule has 0 aromatic heterocycles. The summed E-state index contributed by atoms with van der Waals surface area (Å²) >= 11 is 0. The summed E-state index contributed by atoms with van der Waals surface area (Å²) in [6.07, 6.45) is 4.73. The Balaban J connectivity index is 2.19. The van der Waals surface area contributed by atoms with E-state index in [2.05, 4.69) is 24.3 Å². The summed E-state index contributed by atoms with van der Waals surface area (Å²) in [5.74, 6) is 0. The normalized spacial score (nSPS) is 34.1. The Morgan fingerprint density at radius 3 is 1.14 bits per heavy atom. The maximum atomic E-state index is 9.30. The van der Waals surface area contributed by atoms with Crippen molar-refractivity contribution in [3.05, 3.63) is 0 Å². The van der Waals surface area contributed by atoms with Crippen LogP contribution in [0.1, 0.15) is 38.5 Å². The predicted molar refractivity (Wildman–Crippen MR) is 73.9 cm³/mol. The summed E-state index contributed by atoms with van der Waals surface area (Å²) in [6.45, 7) is 0.354. The molecule has 0 aliphatic carbocycles. The molecule has 2 heterocycles. The highest BCUT2D eigenvalue weighted by Crippen LogP contribution is 2.27. The van der Waals surface area contributed by atoms with Gasteiger partial charge in [-0.1, -0.05) is 0 Å². The van der Waals surface area contributed by atoms with E-state index in [9.17, 15) is 21.0 Å². The van der Waals surface area contributed by atoms with Gasteiger partial charge in [-0.3, -0.25) is 9.80 Å². The zero-order valence-corrected chi connectivity index (χ0v) is 11.9. The van der Waals surface area contributed by atoms with E-state index in [4.69, 9.17) is 0 Å². The molecule has 2 saturated heterocycles. The van der Waals surface area contributed by atoms with Gasteiger partial charge < -0.3 is 0 Å². The average Bonchev–Trinajstić information content (AvgIpc) is 2.55. The molecule has 6 heteroatoms. The lowest BCUT2D eigenvalue weighted by Gasteiger charge is -2.43. The first kappa shape index (κ1) is 15.3. The van der Waals surface area contributed by atoms with Crippen LogP contribution in [0.2, 0.25) is 0 Å². The maximum absolute atomic E-state index is 9.30. The highest BCUT2D eigenvalue weighted by atomic mass is 15.4. The third-order valence-electron chi connectivity index (χ3n) is 4.43. The molecule has 108 valence electrons. The molecule has 0 amide bonds. The average molecular weight is 282 g/mol. The first-order valence-corrected chi connectivity index (χ1v) is 7.35. The Kier molecular flexibility index (Phi) is 5.13. The molecule has 0 saturated carbocycles. The number of hydrogen-bond donors (Lipinski definition) is 0. The number of nitrogens with zero attached hydrogens (tertiary/aromatic N) is 6. The van der Waals surface area contributed by atoms with E-state index in [0.717, 1.165) is 38.5 Å². The molecule has 0 aromatic rings. The van der Waals surface area contributed by atoms with Crippen molar-refractivity contribution in [1.82, 2.24) is 9.80 Å². The third kappa shape index (κ3) is 3.14. The van der Waals surface area contributed by atoms with Gasteiger partial charge in [0.15, 0.2) is 0 Å². The van der Waals surface area contributed by atoms with Crippen LogP contribution in [0.15, 0.2) is 0 Å². The first-order chi connectivity index (χ1) is 10.2. The van der Waals surface area contributed by atoms with E-state index in [1.165, 1.54) is 0 Å². The second-order valence-corrected chi connectivity index (χ2v) is 5.61. The van der Waals surface area contributed by atoms with Crippen LogP contribution in [0.5, 0.6) is 0 Å². The molecule has 4 atom stereocenters. The smallest absolute Gasteiger partial charge is 0.0998 e. The number of nitriles is 4. The van der Waals surface area contributed by atoms with E-state index in [1.54, 1.807) is 0 Å². The molecule has 0 radical (unpaired) electrons. The summed E-state index contributed by atoms with van der Waals surface area (Å²) < 4.78 is 0. The predicted octanol–water partition coefficient (Wildman–Crippen LogP) is 1.48. The summed E-state index contributed by atoms with van der Waals surface area (Å²) in [5.41, 5.74) is 0. The molecule has 0 N–H and O–H groups in total. The largest absolute Gasteiger partial charge is 0.259 e. The van der Waals surface area contributed by atoms with E-state index >= 15 is 0 Å². The molecule has 2 aliphatic heterocycles. The Morgan fingerprint density at radius 2 is 0.905 bits per heavy atom. The first-order valence-electron chi connectivity index (χ1n) is 7.35. The van der Waals surface area contributed by atoms with Gasteiger partial charge in [0.2, 0.25) is 0 Å². The van der Waals surface area contributed by atoms with Crippen LogP contribution in [0.4, 0.5) is 0 Å². The highest BCUT2D eigenvalue weighted by molar-refractivity contribution is 5.08. The molecule has 2 fully saturated rings. The Labute approximate surface area is 125 Å². The summed E-state index contributed by atoms with van der Waals surface area (Å²) in [4.78, 5) is 3.73. The number of likely N-dealkylation sites (tertiary alicyclic amines) is 2. The van der Waals surface area contributed by atoms with Crippen molar-refractivity contribution in [2.24, 2.45) is 0 Å². The molecule has 2 rings (SSSR count). The van der Waals surface area contributed by atoms with Crippen LogP contribution in [0.25, 0.3) is 0 Å². The zero-order valence-electron chi connectivity index (χ0n) is 11.9. The van der Waals surface area contributed by atoms with Gasteiger partial charge in [-0.25, -0.2) is 0 Å². The lowest BCUT2D eigenvalue weighted by molar-refractivity contribution is 0.0221. The van der Waals surface area contributed by atoms with Crippen LogP contribution >= 0.6 is 0 Å². The quantitative estimate of drug-likeness (QED) is 0.760. The van der Waals surface area contributed by atoms with Crippen LogP contribution in [-0.2, 0) is 0 Å². The second-order valence-electron chi connectivity index (χ2n) is 5.61. The topological polar surface area (TPSA) is 102 Å². The van der Waals surface area contributed by atoms with Crippen molar-refractivity contribution in [1.29, 1.82) is 21.0 Å². The van der Waals surface area contributed by atoms with Gasteiger partial charge in [0.1, 0.15) is 0 Å². The van der Waals surface area contributed by atoms with Crippen molar-refractivity contribution in [3.63, 3.8) is 0 Å². The van der Waals surface area contributed by atoms with E-state index in [-0.39, 0.29) is 24.2 Å². The van der Waals surface area contributed by atoms with Crippen LogP contribution in [-0.4, -0.2) is 40.6 Å². The van der Waals surface area contributed by atoms with Crippen molar-refractivity contribution in [2.75, 3.05) is 6.67 Å². The molecule has 0 bridgehead atoms. The summed E-state index contributed by atoms with van der Waals surface area (Å²) in [5, 5.41) is 37.2. The van der Waals surface area contributed by atoms with E-state index in [1.807, 2.05) is 9.80 Å². The molecule has 6 nitrogen and oxygen atoms in total. The fraction of sp³-hybridized carbons (Fsp3) is 0.733. The molecular weight excluding hydrogens is 264 g/mol. The molecule has 0 spiro atoms. The second kappa shape index (κ2) is 7.05. The summed E-state index contributed by atoms with van der Waals surface area (Å²) in [7, 11) is 0. The van der Waals surface area contributed by atoms with Crippen molar-refractivity contribution < 1.29 is 0 Å². The van der Waals surface area contributed by atoms with Crippen molar-refractivity contribution >= 4 is 0 Å². The van der Waals surface area contributed by atoms with Gasteiger partial charge in [0.05, 0.1) is 55.1 Å². The third-order valence-corrected chi connectivity index (χ3v) is 4.43. The fourth-order valence-corrected chi connectivity index (χ4v) is 3.24. The maximum Gasteiger partial charge on any atom is 0.0998 e. The fourth-order valence-electron chi connectivity index (χ4n) is 3.24. The number of piperidine rings is 2. The van der Waals surface area contributed by atoms with Gasteiger partial charge in [-0.05, 0) is 38.5 Å². The molecule has 0 unspecified atom stereocenters. The lowest BCUT2D eigenvalue weighted by Crippen LogP contribution is -2.56. The number of hydrogen-bond acceptors (Lipinski definition) is 6. The van der Waals surface area contributed by atoms with Gasteiger partial charge in [-0.2, -0.15) is 21.0 Å². The number of rotatable bonds is 2. The van der Waals surface area contributed by atoms with Crippen LogP contribution in [0.3, 0.4) is 0 Å². The van der Waals surface area contributed by atoms with E-state index in [0.29, 0.717) is 6.67 Å². The SMILES string of the molecule is N#C[C@@H]1CCC[C@@H](C#N)N1CN1[C@H](C#N)CCC[C@@H]1C#N. The van der Waals surface area contributed by atoms with Gasteiger partial charge in [-0.15, -0.1) is 0 Å². The minimum Gasteiger partial charge on any atom is -0.259 e. The zero-order chi connectivity index (χ0) is 15.2. The van der Waals surface area contributed by atoms with E-state index < -0.39 is 0 Å². The molecule has 0 aromatic carbocycles. The van der Waals surface area contributed by atoms with Gasteiger partial charge >= 0.3 is 0 Å². The molecular formula is C15H18N6. The molecule has 2 aliphatic rings. The van der Waals surface area contributed by atoms with Crippen molar-refractivity contribution in [2.45, 2.75) is 62.7 Å². The molecule has 21 heavy (non-hydrogen) atoms. The lowest BCUT2D eigenvalue weighted by atomic mass is 9.95. The highest BCUT2D eigenvalue weighted by Gasteiger charge is 2.37. The Bertz CT molecular complexity index is 438. The monoisotopic (exact) mass is 282 g/mol. The minimum absolute atomic E-state index is 0.302. The van der Waals surface area contributed by atoms with Gasteiger partial charge in [0.25, 0.3) is 0 Å². The van der Waals surface area contributed by atoms with Gasteiger partial charge in [0, 0.05) is 0 Å². The van der Waals surface area contributed by atoms with Crippen LogP contribution < -0.4 is 0 Å². The van der Waals surface area contributed by atoms with Crippen molar-refractivity contribution in [3.8, 4) is 24.3 Å². The summed E-state index contributed by atoms with van der Waals surface area (Å²) in [6, 6.07) is 7.82. The standard InChI is InChI=1S/C15H18N6/c16-7-12-3-1-4-13(8-17)20(12)11-21-14(9-18)5-2-6-15(21)10-19/h12-15H,1-6,11H2/t12-,13-,14-,15+/m0/s1. The minimum atomic E-state index is -0.302.